The molecule has 3 nitrogen and oxygen atoms in total. The van der Waals surface area contributed by atoms with Gasteiger partial charge in [0, 0.05) is 6.42 Å². The number of carbonyl (C=O) groups is 1. The van der Waals surface area contributed by atoms with Crippen LogP contribution in [0.3, 0.4) is 0 Å². The molecule has 1 N–H and O–H groups in total. The van der Waals surface area contributed by atoms with Gasteiger partial charge in [0.15, 0.2) is 0 Å². The van der Waals surface area contributed by atoms with Gasteiger partial charge in [-0.2, -0.15) is 0 Å². The van der Waals surface area contributed by atoms with E-state index in [0.29, 0.717) is 12.8 Å². The van der Waals surface area contributed by atoms with Crippen molar-refractivity contribution in [3.8, 4) is 0 Å². The summed E-state index contributed by atoms with van der Waals surface area (Å²) in [6, 6.07) is 0. The topological polar surface area (TPSA) is 46.5 Å². The Morgan fingerprint density at radius 1 is 1.54 bits per heavy atom. The van der Waals surface area contributed by atoms with Gasteiger partial charge in [0.1, 0.15) is 6.10 Å². The zero-order chi connectivity index (χ0) is 9.68. The molecule has 0 aromatic carbocycles. The summed E-state index contributed by atoms with van der Waals surface area (Å²) in [5.74, 6) is -0.236. The average molecular weight is 182 g/mol. The lowest BCUT2D eigenvalue weighted by Gasteiger charge is -2.24. The molecule has 1 rings (SSSR count). The van der Waals surface area contributed by atoms with Crippen molar-refractivity contribution in [3.05, 3.63) is 24.3 Å². The lowest BCUT2D eigenvalue weighted by atomic mass is 10.1. The Labute approximate surface area is 77.7 Å². The number of aliphatic hydroxyl groups excluding tert-OH is 1. The summed E-state index contributed by atoms with van der Waals surface area (Å²) < 4.78 is 4.94. The molecule has 1 saturated heterocycles. The highest BCUT2D eigenvalue weighted by Gasteiger charge is 2.26. The van der Waals surface area contributed by atoms with Gasteiger partial charge >= 0.3 is 5.97 Å². The van der Waals surface area contributed by atoms with Gasteiger partial charge in [0.25, 0.3) is 0 Å². The number of hydrogen-bond acceptors (Lipinski definition) is 3. The van der Waals surface area contributed by atoms with Gasteiger partial charge in [-0.3, -0.25) is 4.79 Å². The van der Waals surface area contributed by atoms with E-state index in [-0.39, 0.29) is 5.97 Å². The van der Waals surface area contributed by atoms with Crippen molar-refractivity contribution in [1.29, 1.82) is 0 Å². The van der Waals surface area contributed by atoms with Crippen LogP contribution in [0.5, 0.6) is 0 Å². The van der Waals surface area contributed by atoms with Crippen LogP contribution in [0.4, 0.5) is 0 Å². The van der Waals surface area contributed by atoms with Gasteiger partial charge in [-0.25, -0.2) is 0 Å². The third-order valence-electron chi connectivity index (χ3n) is 1.90. The first kappa shape index (κ1) is 9.99. The number of hydrogen-bond donors (Lipinski definition) is 1. The fourth-order valence-electron chi connectivity index (χ4n) is 1.17. The zero-order valence-electron chi connectivity index (χ0n) is 7.64. The van der Waals surface area contributed by atoms with Gasteiger partial charge in [0.2, 0.25) is 0 Å². The molecular weight excluding hydrogens is 168 g/mol. The number of esters is 1. The molecule has 0 aliphatic carbocycles. The number of cyclic esters (lactones) is 1. The first-order valence-electron chi connectivity index (χ1n) is 4.41. The quantitative estimate of drug-likeness (QED) is 0.515. The van der Waals surface area contributed by atoms with E-state index in [0.717, 1.165) is 0 Å². The largest absolute Gasteiger partial charge is 0.455 e. The van der Waals surface area contributed by atoms with E-state index in [4.69, 9.17) is 4.74 Å². The van der Waals surface area contributed by atoms with Gasteiger partial charge in [0.05, 0.1) is 6.10 Å². The van der Waals surface area contributed by atoms with Gasteiger partial charge in [-0.1, -0.05) is 18.2 Å². The fourth-order valence-corrected chi connectivity index (χ4v) is 1.17. The third-order valence-corrected chi connectivity index (χ3v) is 1.90. The molecule has 72 valence electrons. The lowest BCUT2D eigenvalue weighted by Crippen LogP contribution is -2.34. The second-order valence-corrected chi connectivity index (χ2v) is 2.97. The van der Waals surface area contributed by atoms with E-state index < -0.39 is 12.2 Å². The number of carbonyl (C=O) groups excluding carboxylic acids is 1. The highest BCUT2D eigenvalue weighted by Crippen LogP contribution is 2.15. The van der Waals surface area contributed by atoms with E-state index in [1.54, 1.807) is 12.2 Å². The normalized spacial score (nSPS) is 29.8. The van der Waals surface area contributed by atoms with Crippen LogP contribution in [-0.2, 0) is 9.53 Å². The molecule has 0 aromatic rings. The average Bonchev–Trinajstić information content (AvgIpc) is 2.11. The standard InChI is InChI=1S/C10H14O3/c1-2-3-4-5-9-8(11)6-7-10(12)13-9/h2-5,8-9,11H,6-7H2,1H3/b3-2-,5-4-/t8-,9+/m0/s1. The summed E-state index contributed by atoms with van der Waals surface area (Å²) in [5, 5.41) is 9.43. The third kappa shape index (κ3) is 3.03. The zero-order valence-corrected chi connectivity index (χ0v) is 7.64. The van der Waals surface area contributed by atoms with Crippen molar-refractivity contribution in [2.24, 2.45) is 0 Å². The second-order valence-electron chi connectivity index (χ2n) is 2.97. The Morgan fingerprint density at radius 2 is 2.31 bits per heavy atom. The van der Waals surface area contributed by atoms with Crippen LogP contribution < -0.4 is 0 Å². The summed E-state index contributed by atoms with van der Waals surface area (Å²) in [4.78, 5) is 10.9. The molecule has 1 aliphatic rings. The number of allylic oxidation sites excluding steroid dienone is 3. The van der Waals surface area contributed by atoms with Crippen LogP contribution in [0.2, 0.25) is 0 Å². The van der Waals surface area contributed by atoms with Crippen LogP contribution in [0.15, 0.2) is 24.3 Å². The van der Waals surface area contributed by atoms with Crippen LogP contribution >= 0.6 is 0 Å². The molecule has 0 spiro atoms. The van der Waals surface area contributed by atoms with Gasteiger partial charge in [-0.15, -0.1) is 0 Å². The smallest absolute Gasteiger partial charge is 0.306 e. The summed E-state index contributed by atoms with van der Waals surface area (Å²) in [5.41, 5.74) is 0. The Balaban J connectivity index is 2.50. The molecule has 1 aliphatic heterocycles. The molecule has 1 heterocycles. The Bertz CT molecular complexity index is 230. The van der Waals surface area contributed by atoms with Crippen LogP contribution in [-0.4, -0.2) is 23.3 Å². The second kappa shape index (κ2) is 4.82. The van der Waals surface area contributed by atoms with Gasteiger partial charge in [-0.05, 0) is 19.4 Å². The number of rotatable bonds is 2. The maximum Gasteiger partial charge on any atom is 0.306 e. The minimum absolute atomic E-state index is 0.236. The molecular formula is C10H14O3. The molecule has 1 fully saturated rings. The molecule has 2 atom stereocenters. The van der Waals surface area contributed by atoms with Crippen molar-refractivity contribution in [2.45, 2.75) is 32.0 Å². The van der Waals surface area contributed by atoms with Crippen molar-refractivity contribution < 1.29 is 14.6 Å². The Hall–Kier alpha value is -1.09. The predicted octanol–water partition coefficient (Wildman–Crippen LogP) is 1.19. The van der Waals surface area contributed by atoms with Crippen molar-refractivity contribution in [1.82, 2.24) is 0 Å². The Kier molecular flexibility index (Phi) is 3.71. The van der Waals surface area contributed by atoms with E-state index in [2.05, 4.69) is 0 Å². The molecule has 0 unspecified atom stereocenters. The maximum atomic E-state index is 10.9. The van der Waals surface area contributed by atoms with E-state index >= 15 is 0 Å². The lowest BCUT2D eigenvalue weighted by molar-refractivity contribution is -0.159. The number of aliphatic hydroxyl groups is 1. The summed E-state index contributed by atoms with van der Waals surface area (Å²) in [6.45, 7) is 1.90. The van der Waals surface area contributed by atoms with E-state index in [9.17, 15) is 9.90 Å². The van der Waals surface area contributed by atoms with Crippen molar-refractivity contribution in [3.63, 3.8) is 0 Å². The predicted molar refractivity (Wildman–Crippen MR) is 49.1 cm³/mol. The molecule has 0 amide bonds. The SMILES string of the molecule is C/C=C\C=C/[C@H]1OC(=O)CC[C@@H]1O. The molecule has 13 heavy (non-hydrogen) atoms. The van der Waals surface area contributed by atoms with E-state index in [1.165, 1.54) is 0 Å². The van der Waals surface area contributed by atoms with Crippen LogP contribution in [0, 0.1) is 0 Å². The van der Waals surface area contributed by atoms with E-state index in [1.807, 2.05) is 19.1 Å². The minimum Gasteiger partial charge on any atom is -0.455 e. The minimum atomic E-state index is -0.556. The summed E-state index contributed by atoms with van der Waals surface area (Å²) >= 11 is 0. The molecule has 3 heteroatoms. The Morgan fingerprint density at radius 3 is 3.00 bits per heavy atom. The van der Waals surface area contributed by atoms with Gasteiger partial charge < -0.3 is 9.84 Å². The maximum absolute atomic E-state index is 10.9. The monoisotopic (exact) mass is 182 g/mol. The highest BCUT2D eigenvalue weighted by atomic mass is 16.6. The first-order valence-corrected chi connectivity index (χ1v) is 4.41. The highest BCUT2D eigenvalue weighted by molar-refractivity contribution is 5.70. The molecule has 0 bridgehead atoms. The molecule has 0 radical (unpaired) electrons. The van der Waals surface area contributed by atoms with Crippen molar-refractivity contribution >= 4 is 5.97 Å². The summed E-state index contributed by atoms with van der Waals surface area (Å²) in [7, 11) is 0. The molecule has 0 saturated carbocycles. The first-order chi connectivity index (χ1) is 6.24. The van der Waals surface area contributed by atoms with Crippen LogP contribution in [0.1, 0.15) is 19.8 Å². The van der Waals surface area contributed by atoms with Crippen molar-refractivity contribution in [2.75, 3.05) is 0 Å². The van der Waals surface area contributed by atoms with Crippen LogP contribution in [0.25, 0.3) is 0 Å². The summed E-state index contributed by atoms with van der Waals surface area (Å²) in [6.07, 6.45) is 6.94. The fraction of sp³-hybridized carbons (Fsp3) is 0.500. The number of ether oxygens (including phenoxy) is 1. The molecule has 0 aromatic heterocycles.